The number of nitriles is 1. The molecule has 4 heterocycles. The smallest absolute Gasteiger partial charge is 0.406 e. The van der Waals surface area contributed by atoms with Crippen LogP contribution in [0.5, 0.6) is 0 Å². The molecule has 0 unspecified atom stereocenters. The van der Waals surface area contributed by atoms with Gasteiger partial charge >= 0.3 is 5.76 Å². The zero-order valence-electron chi connectivity index (χ0n) is 20.1. The first-order valence-corrected chi connectivity index (χ1v) is 12.3. The lowest BCUT2D eigenvalue weighted by Crippen LogP contribution is -2.55. The van der Waals surface area contributed by atoms with E-state index in [0.717, 1.165) is 25.7 Å². The molecule has 0 saturated heterocycles. The highest BCUT2D eigenvalue weighted by Gasteiger charge is 2.41. The molecule has 37 heavy (non-hydrogen) atoms. The van der Waals surface area contributed by atoms with Crippen molar-refractivity contribution >= 4 is 46.0 Å². The molecule has 2 N–H and O–H groups in total. The number of carbonyl (C=O) groups excluding carboxylic acids is 1. The zero-order valence-corrected chi connectivity index (χ0v) is 20.1. The van der Waals surface area contributed by atoms with Gasteiger partial charge in [-0.1, -0.05) is 25.3 Å². The van der Waals surface area contributed by atoms with E-state index in [2.05, 4.69) is 31.2 Å². The molecule has 1 saturated carbocycles. The quantitative estimate of drug-likeness (QED) is 0.426. The third kappa shape index (κ3) is 4.06. The van der Waals surface area contributed by atoms with Crippen LogP contribution in [-0.4, -0.2) is 37.9 Å². The summed E-state index contributed by atoms with van der Waals surface area (Å²) in [7, 11) is 0. The van der Waals surface area contributed by atoms with Crippen LogP contribution in [0.2, 0.25) is 0 Å². The summed E-state index contributed by atoms with van der Waals surface area (Å²) in [5.41, 5.74) is 2.86. The van der Waals surface area contributed by atoms with Crippen molar-refractivity contribution in [3.8, 4) is 6.07 Å². The monoisotopic (exact) mass is 496 g/mol. The lowest BCUT2D eigenvalue weighted by atomic mass is 9.92. The number of oxazole rings is 1. The molecule has 0 bridgehead atoms. The summed E-state index contributed by atoms with van der Waals surface area (Å²) in [5, 5.41) is 12.5. The Morgan fingerprint density at radius 3 is 2.78 bits per heavy atom. The minimum Gasteiger partial charge on any atom is -0.406 e. The molecule has 1 aliphatic heterocycles. The Morgan fingerprint density at radius 1 is 1.14 bits per heavy atom. The van der Waals surface area contributed by atoms with Crippen molar-refractivity contribution in [2.75, 3.05) is 15.1 Å². The molecule has 1 aromatic carbocycles. The Morgan fingerprint density at radius 2 is 1.97 bits per heavy atom. The Labute approximate surface area is 211 Å². The third-order valence-corrected chi connectivity index (χ3v) is 6.96. The third-order valence-electron chi connectivity index (χ3n) is 6.96. The van der Waals surface area contributed by atoms with Gasteiger partial charge < -0.3 is 14.6 Å². The number of aromatic nitrogens is 4. The van der Waals surface area contributed by atoms with Gasteiger partial charge in [0.15, 0.2) is 17.0 Å². The van der Waals surface area contributed by atoms with E-state index in [4.69, 9.17) is 9.40 Å². The van der Waals surface area contributed by atoms with Crippen LogP contribution in [0.25, 0.3) is 11.2 Å². The van der Waals surface area contributed by atoms with Crippen molar-refractivity contribution in [3.05, 3.63) is 58.8 Å². The van der Waals surface area contributed by atoms with Crippen molar-refractivity contribution in [3.63, 3.8) is 0 Å². The second-order valence-electron chi connectivity index (χ2n) is 9.32. The molecule has 4 aromatic rings. The standard InChI is InChI=1S/C26H24N8O3/c1-15-24(35)34(19-9-5-6-16(10-19)12-27)20-14-29-25(32-23(20)33(15)18-7-3-2-4-8-18)30-17-11-21-22(28-13-17)31-26(36)37-21/h5-6,9-11,13-15,18H,2-4,7-8H2,1H3,(H,28,31,36)(H,29,30,32)/t15-/m1/s1. The first kappa shape index (κ1) is 22.7. The average Bonchev–Trinajstić information content (AvgIpc) is 3.29. The van der Waals surface area contributed by atoms with Crippen LogP contribution in [0.4, 0.5) is 28.8 Å². The number of carbonyl (C=O) groups is 1. The van der Waals surface area contributed by atoms with Crippen LogP contribution in [0, 0.1) is 11.3 Å². The van der Waals surface area contributed by atoms with E-state index in [0.29, 0.717) is 45.6 Å². The van der Waals surface area contributed by atoms with Crippen LogP contribution in [-0.2, 0) is 4.79 Å². The number of hydrogen-bond donors (Lipinski definition) is 2. The van der Waals surface area contributed by atoms with Gasteiger partial charge in [0, 0.05) is 12.1 Å². The molecule has 0 spiro atoms. The van der Waals surface area contributed by atoms with Crippen LogP contribution in [0.15, 0.2) is 51.9 Å². The van der Waals surface area contributed by atoms with Crippen LogP contribution < -0.4 is 20.9 Å². The van der Waals surface area contributed by atoms with Gasteiger partial charge in [0.05, 0.1) is 35.4 Å². The maximum atomic E-state index is 13.7. The maximum Gasteiger partial charge on any atom is 0.418 e. The molecule has 2 aliphatic rings. The summed E-state index contributed by atoms with van der Waals surface area (Å²) in [6.07, 6.45) is 8.56. The number of aromatic amines is 1. The van der Waals surface area contributed by atoms with Crippen LogP contribution >= 0.6 is 0 Å². The van der Waals surface area contributed by atoms with Gasteiger partial charge in [-0.25, -0.2) is 14.8 Å². The van der Waals surface area contributed by atoms with Gasteiger partial charge in [0.25, 0.3) is 5.91 Å². The van der Waals surface area contributed by atoms with Crippen LogP contribution in [0.3, 0.4) is 0 Å². The number of hydrogen-bond acceptors (Lipinski definition) is 9. The zero-order chi connectivity index (χ0) is 25.5. The number of anilines is 5. The first-order valence-electron chi connectivity index (χ1n) is 12.3. The van der Waals surface area contributed by atoms with E-state index in [1.165, 1.54) is 6.42 Å². The fourth-order valence-corrected chi connectivity index (χ4v) is 5.25. The summed E-state index contributed by atoms with van der Waals surface area (Å²) >= 11 is 0. The van der Waals surface area contributed by atoms with E-state index in [9.17, 15) is 14.9 Å². The molecule has 6 rings (SSSR count). The number of fused-ring (bicyclic) bond motifs is 2. The SMILES string of the molecule is C[C@@H]1C(=O)N(c2cccc(C#N)c2)c2cnc(Nc3cnc4[nH]c(=O)oc4c3)nc2N1C1CCCCC1. The minimum absolute atomic E-state index is 0.0883. The van der Waals surface area contributed by atoms with E-state index in [1.807, 2.05) is 13.0 Å². The average molecular weight is 497 g/mol. The maximum absolute atomic E-state index is 13.7. The topological polar surface area (TPSA) is 144 Å². The second kappa shape index (κ2) is 9.05. The van der Waals surface area contributed by atoms with Crippen LogP contribution in [0.1, 0.15) is 44.6 Å². The fraction of sp³-hybridized carbons (Fsp3) is 0.308. The Kier molecular flexibility index (Phi) is 5.56. The summed E-state index contributed by atoms with van der Waals surface area (Å²) in [6.45, 7) is 1.90. The minimum atomic E-state index is -0.577. The molecule has 0 radical (unpaired) electrons. The molecule has 1 fully saturated rings. The van der Waals surface area contributed by atoms with Crippen molar-refractivity contribution in [2.24, 2.45) is 0 Å². The van der Waals surface area contributed by atoms with E-state index in [1.54, 1.807) is 41.6 Å². The molecule has 1 aliphatic carbocycles. The number of pyridine rings is 1. The number of nitrogens with one attached hydrogen (secondary N) is 2. The van der Waals surface area contributed by atoms with Gasteiger partial charge in [-0.2, -0.15) is 10.2 Å². The molecular formula is C26H24N8O3. The molecule has 186 valence electrons. The fourth-order valence-electron chi connectivity index (χ4n) is 5.25. The van der Waals surface area contributed by atoms with Crippen molar-refractivity contribution in [1.29, 1.82) is 5.26 Å². The number of benzene rings is 1. The lowest BCUT2D eigenvalue weighted by molar-refractivity contribution is -0.119. The Balaban J connectivity index is 1.44. The molecule has 1 amide bonds. The number of rotatable bonds is 4. The van der Waals surface area contributed by atoms with Gasteiger partial charge in [-0.05, 0) is 38.0 Å². The molecule has 3 aromatic heterocycles. The largest absolute Gasteiger partial charge is 0.418 e. The summed E-state index contributed by atoms with van der Waals surface area (Å²) < 4.78 is 5.11. The van der Waals surface area contributed by atoms with E-state index >= 15 is 0 Å². The number of nitrogens with zero attached hydrogens (tertiary/aromatic N) is 6. The van der Waals surface area contributed by atoms with Gasteiger partial charge in [-0.15, -0.1) is 0 Å². The predicted octanol–water partition coefficient (Wildman–Crippen LogP) is 4.13. The highest BCUT2D eigenvalue weighted by Crippen LogP contribution is 2.42. The van der Waals surface area contributed by atoms with Crippen molar-refractivity contribution < 1.29 is 9.21 Å². The highest BCUT2D eigenvalue weighted by atomic mass is 16.4. The van der Waals surface area contributed by atoms with Crippen molar-refractivity contribution in [2.45, 2.75) is 51.1 Å². The Hall–Kier alpha value is -4.72. The summed E-state index contributed by atoms with van der Waals surface area (Å²) in [4.78, 5) is 45.0. The van der Waals surface area contributed by atoms with E-state index < -0.39 is 11.8 Å². The predicted molar refractivity (Wildman–Crippen MR) is 137 cm³/mol. The number of H-pyrrole nitrogens is 1. The van der Waals surface area contributed by atoms with Gasteiger partial charge in [0.1, 0.15) is 11.7 Å². The molecule has 1 atom stereocenters. The van der Waals surface area contributed by atoms with Gasteiger partial charge in [0.2, 0.25) is 5.95 Å². The number of amides is 1. The first-order chi connectivity index (χ1) is 18.0. The summed E-state index contributed by atoms with van der Waals surface area (Å²) in [5.74, 6) is 0.313. The van der Waals surface area contributed by atoms with E-state index in [-0.39, 0.29) is 11.9 Å². The van der Waals surface area contributed by atoms with Gasteiger partial charge in [-0.3, -0.25) is 14.7 Å². The highest BCUT2D eigenvalue weighted by molar-refractivity contribution is 6.10. The summed E-state index contributed by atoms with van der Waals surface area (Å²) in [6, 6.07) is 10.5. The normalized spacial score (nSPS) is 18.1. The molecule has 11 heteroatoms. The molecular weight excluding hydrogens is 472 g/mol. The Bertz CT molecular complexity index is 1600. The lowest BCUT2D eigenvalue weighted by Gasteiger charge is -2.45. The second-order valence-corrected chi connectivity index (χ2v) is 9.32. The van der Waals surface area contributed by atoms with Crippen molar-refractivity contribution in [1.82, 2.24) is 19.9 Å². The molecule has 11 nitrogen and oxygen atoms in total.